The third-order valence-electron chi connectivity index (χ3n) is 2.07. The molecule has 0 spiro atoms. The SMILES string of the molecule is CC(C)(C)CC(=O)Cc1ccccc1Cl. The van der Waals surface area contributed by atoms with Gasteiger partial charge in [-0.15, -0.1) is 0 Å². The van der Waals surface area contributed by atoms with Gasteiger partial charge in [0.25, 0.3) is 0 Å². The maximum atomic E-state index is 11.7. The number of hydrogen-bond acceptors (Lipinski definition) is 1. The third-order valence-corrected chi connectivity index (χ3v) is 2.44. The highest BCUT2D eigenvalue weighted by molar-refractivity contribution is 6.31. The predicted octanol–water partition coefficient (Wildman–Crippen LogP) is 3.89. The Labute approximate surface area is 96.5 Å². The summed E-state index contributed by atoms with van der Waals surface area (Å²) in [5, 5.41) is 0.680. The van der Waals surface area contributed by atoms with E-state index in [1.807, 2.05) is 24.3 Å². The molecule has 1 nitrogen and oxygen atoms in total. The fraction of sp³-hybridized carbons (Fsp3) is 0.462. The van der Waals surface area contributed by atoms with E-state index in [1.54, 1.807) is 0 Å². The number of carbonyl (C=O) groups is 1. The quantitative estimate of drug-likeness (QED) is 0.762. The molecular formula is C13H17ClO. The van der Waals surface area contributed by atoms with Gasteiger partial charge in [0.15, 0.2) is 0 Å². The van der Waals surface area contributed by atoms with Crippen LogP contribution >= 0.6 is 11.6 Å². The Morgan fingerprint density at radius 2 is 1.87 bits per heavy atom. The molecule has 0 aromatic heterocycles. The molecule has 0 atom stereocenters. The van der Waals surface area contributed by atoms with E-state index in [2.05, 4.69) is 20.8 Å². The number of ketones is 1. The predicted molar refractivity (Wildman–Crippen MR) is 64.2 cm³/mol. The molecule has 1 aromatic carbocycles. The molecule has 0 saturated heterocycles. The number of rotatable bonds is 3. The highest BCUT2D eigenvalue weighted by Crippen LogP contribution is 2.22. The monoisotopic (exact) mass is 224 g/mol. The average molecular weight is 225 g/mol. The van der Waals surface area contributed by atoms with Gasteiger partial charge in [-0.3, -0.25) is 4.79 Å². The number of carbonyl (C=O) groups excluding carboxylic acids is 1. The van der Waals surface area contributed by atoms with E-state index in [-0.39, 0.29) is 11.2 Å². The molecule has 0 unspecified atom stereocenters. The molecule has 15 heavy (non-hydrogen) atoms. The van der Waals surface area contributed by atoms with Gasteiger partial charge in [-0.25, -0.2) is 0 Å². The van der Waals surface area contributed by atoms with Gasteiger partial charge in [0.2, 0.25) is 0 Å². The maximum Gasteiger partial charge on any atom is 0.137 e. The van der Waals surface area contributed by atoms with Crippen molar-refractivity contribution in [3.05, 3.63) is 34.9 Å². The number of benzene rings is 1. The Morgan fingerprint density at radius 3 is 2.40 bits per heavy atom. The Morgan fingerprint density at radius 1 is 1.27 bits per heavy atom. The van der Waals surface area contributed by atoms with Gasteiger partial charge in [-0.2, -0.15) is 0 Å². The topological polar surface area (TPSA) is 17.1 Å². The molecule has 82 valence electrons. The van der Waals surface area contributed by atoms with Crippen molar-refractivity contribution in [2.24, 2.45) is 5.41 Å². The lowest BCUT2D eigenvalue weighted by Gasteiger charge is -2.16. The van der Waals surface area contributed by atoms with E-state index in [0.29, 0.717) is 17.9 Å². The lowest BCUT2D eigenvalue weighted by Crippen LogP contribution is -2.14. The minimum absolute atomic E-state index is 0.0539. The van der Waals surface area contributed by atoms with Crippen LogP contribution in [-0.2, 0) is 11.2 Å². The van der Waals surface area contributed by atoms with E-state index >= 15 is 0 Å². The highest BCUT2D eigenvalue weighted by Gasteiger charge is 2.16. The summed E-state index contributed by atoms with van der Waals surface area (Å²) in [6, 6.07) is 7.51. The van der Waals surface area contributed by atoms with Crippen LogP contribution in [0.5, 0.6) is 0 Å². The second-order valence-electron chi connectivity index (χ2n) is 5.04. The standard InChI is InChI=1S/C13H17ClO/c1-13(2,3)9-11(15)8-10-6-4-5-7-12(10)14/h4-7H,8-9H2,1-3H3. The molecule has 1 rings (SSSR count). The summed E-state index contributed by atoms with van der Waals surface area (Å²) in [5.74, 6) is 0.246. The van der Waals surface area contributed by atoms with Crippen molar-refractivity contribution in [2.45, 2.75) is 33.6 Å². The first-order valence-electron chi connectivity index (χ1n) is 5.13. The summed E-state index contributed by atoms with van der Waals surface area (Å²) < 4.78 is 0. The van der Waals surface area contributed by atoms with Gasteiger partial charge in [-0.05, 0) is 17.0 Å². The van der Waals surface area contributed by atoms with Gasteiger partial charge in [0.05, 0.1) is 0 Å². The lowest BCUT2D eigenvalue weighted by molar-refractivity contribution is -0.120. The zero-order valence-corrected chi connectivity index (χ0v) is 10.3. The van der Waals surface area contributed by atoms with Crippen LogP contribution in [0, 0.1) is 5.41 Å². The zero-order chi connectivity index (χ0) is 11.5. The van der Waals surface area contributed by atoms with Gasteiger partial charge >= 0.3 is 0 Å². The maximum absolute atomic E-state index is 11.7. The first-order chi connectivity index (χ1) is 6.88. The smallest absolute Gasteiger partial charge is 0.137 e. The Bertz CT molecular complexity index is 350. The van der Waals surface area contributed by atoms with Crippen LogP contribution < -0.4 is 0 Å². The average Bonchev–Trinajstić information content (AvgIpc) is 2.05. The summed E-state index contributed by atoms with van der Waals surface area (Å²) >= 11 is 5.99. The van der Waals surface area contributed by atoms with E-state index in [9.17, 15) is 4.79 Å². The van der Waals surface area contributed by atoms with Crippen molar-refractivity contribution in [1.82, 2.24) is 0 Å². The minimum atomic E-state index is 0.0539. The molecule has 1 aromatic rings. The van der Waals surface area contributed by atoms with E-state index in [4.69, 9.17) is 11.6 Å². The summed E-state index contributed by atoms with van der Waals surface area (Å²) in [5.41, 5.74) is 0.978. The summed E-state index contributed by atoms with van der Waals surface area (Å²) in [6.45, 7) is 6.20. The fourth-order valence-corrected chi connectivity index (χ4v) is 1.71. The molecule has 0 aliphatic rings. The van der Waals surface area contributed by atoms with Crippen LogP contribution in [0.3, 0.4) is 0 Å². The van der Waals surface area contributed by atoms with Crippen molar-refractivity contribution >= 4 is 17.4 Å². The van der Waals surface area contributed by atoms with Crippen molar-refractivity contribution in [1.29, 1.82) is 0 Å². The van der Waals surface area contributed by atoms with Gasteiger partial charge in [0.1, 0.15) is 5.78 Å². The second-order valence-corrected chi connectivity index (χ2v) is 5.45. The van der Waals surface area contributed by atoms with Crippen LogP contribution in [0.15, 0.2) is 24.3 Å². The third kappa shape index (κ3) is 4.48. The molecule has 2 heteroatoms. The second kappa shape index (κ2) is 4.80. The zero-order valence-electron chi connectivity index (χ0n) is 9.51. The molecule has 0 heterocycles. The Balaban J connectivity index is 2.64. The molecule has 0 radical (unpaired) electrons. The summed E-state index contributed by atoms with van der Waals surface area (Å²) in [7, 11) is 0. The molecule has 0 aliphatic heterocycles. The van der Waals surface area contributed by atoms with E-state index in [0.717, 1.165) is 5.56 Å². The van der Waals surface area contributed by atoms with E-state index < -0.39 is 0 Å². The van der Waals surface area contributed by atoms with Gasteiger partial charge in [0, 0.05) is 17.9 Å². The van der Waals surface area contributed by atoms with Crippen LogP contribution in [0.2, 0.25) is 5.02 Å². The first kappa shape index (κ1) is 12.3. The number of halogens is 1. The van der Waals surface area contributed by atoms with E-state index in [1.165, 1.54) is 0 Å². The Kier molecular flexibility index (Phi) is 3.92. The van der Waals surface area contributed by atoms with Crippen molar-refractivity contribution in [3.63, 3.8) is 0 Å². The van der Waals surface area contributed by atoms with Gasteiger partial charge < -0.3 is 0 Å². The van der Waals surface area contributed by atoms with Gasteiger partial charge in [-0.1, -0.05) is 50.6 Å². The van der Waals surface area contributed by atoms with Crippen molar-refractivity contribution < 1.29 is 4.79 Å². The fourth-order valence-electron chi connectivity index (χ4n) is 1.51. The summed E-state index contributed by atoms with van der Waals surface area (Å²) in [6.07, 6.45) is 1.04. The molecule has 0 amide bonds. The molecule has 0 N–H and O–H groups in total. The largest absolute Gasteiger partial charge is 0.299 e. The van der Waals surface area contributed by atoms with Crippen LogP contribution in [0.4, 0.5) is 0 Å². The lowest BCUT2D eigenvalue weighted by atomic mass is 9.88. The Hall–Kier alpha value is -0.820. The van der Waals surface area contributed by atoms with Crippen LogP contribution in [0.1, 0.15) is 32.8 Å². The first-order valence-corrected chi connectivity index (χ1v) is 5.51. The van der Waals surface area contributed by atoms with Crippen LogP contribution in [-0.4, -0.2) is 5.78 Å². The normalized spacial score (nSPS) is 11.5. The molecular weight excluding hydrogens is 208 g/mol. The van der Waals surface area contributed by atoms with Crippen LogP contribution in [0.25, 0.3) is 0 Å². The number of hydrogen-bond donors (Lipinski definition) is 0. The van der Waals surface area contributed by atoms with Crippen molar-refractivity contribution in [2.75, 3.05) is 0 Å². The summed E-state index contributed by atoms with van der Waals surface area (Å²) in [4.78, 5) is 11.7. The minimum Gasteiger partial charge on any atom is -0.299 e. The molecule has 0 fully saturated rings. The molecule has 0 saturated carbocycles. The number of Topliss-reactive ketones (excluding diaryl/α,β-unsaturated/α-hetero) is 1. The molecule has 0 aliphatic carbocycles. The van der Waals surface area contributed by atoms with Crippen molar-refractivity contribution in [3.8, 4) is 0 Å². The highest BCUT2D eigenvalue weighted by atomic mass is 35.5. The molecule has 0 bridgehead atoms.